The molecule has 1 unspecified atom stereocenters. The highest BCUT2D eigenvalue weighted by Gasteiger charge is 2.20. The minimum absolute atomic E-state index is 0.0259. The van der Waals surface area contributed by atoms with Gasteiger partial charge >= 0.3 is 0 Å². The second-order valence-electron chi connectivity index (χ2n) is 5.24. The number of hydrogen-bond donors (Lipinski definition) is 3. The Labute approximate surface area is 154 Å². The molecule has 4 N–H and O–H groups in total. The molecule has 2 aromatic rings. The molecule has 0 radical (unpaired) electrons. The predicted molar refractivity (Wildman–Crippen MR) is 95.4 cm³/mol. The van der Waals surface area contributed by atoms with E-state index in [0.29, 0.717) is 24.5 Å². The summed E-state index contributed by atoms with van der Waals surface area (Å²) < 4.78 is 24.5. The Morgan fingerprint density at radius 1 is 1.36 bits per heavy atom. The van der Waals surface area contributed by atoms with Gasteiger partial charge in [-0.05, 0) is 25.1 Å². The van der Waals surface area contributed by atoms with Crippen molar-refractivity contribution in [3.63, 3.8) is 0 Å². The number of benzene rings is 1. The molecule has 1 aromatic heterocycles. The molecule has 0 fully saturated rings. The Bertz CT molecular complexity index is 760. The molecule has 6 nitrogen and oxygen atoms in total. The van der Waals surface area contributed by atoms with Crippen molar-refractivity contribution in [3.8, 4) is 17.2 Å². The van der Waals surface area contributed by atoms with Crippen molar-refractivity contribution in [1.82, 2.24) is 4.98 Å². The van der Waals surface area contributed by atoms with Gasteiger partial charge in [0, 0.05) is 25.3 Å². The summed E-state index contributed by atoms with van der Waals surface area (Å²) in [6.07, 6.45) is 0. The maximum absolute atomic E-state index is 14.0. The maximum Gasteiger partial charge on any atom is 0.237 e. The molecular weight excluding hydrogens is 372 g/mol. The fourth-order valence-corrected chi connectivity index (χ4v) is 2.52. The van der Waals surface area contributed by atoms with Crippen LogP contribution < -0.4 is 15.8 Å². The van der Waals surface area contributed by atoms with Crippen LogP contribution in [0.15, 0.2) is 18.2 Å². The van der Waals surface area contributed by atoms with Gasteiger partial charge in [-0.2, -0.15) is 9.37 Å². The van der Waals surface area contributed by atoms with Crippen molar-refractivity contribution >= 4 is 29.0 Å². The lowest BCUT2D eigenvalue weighted by Crippen LogP contribution is -2.10. The SMILES string of the molecule is COCCNc1nc(F)c(Cl)c(Oc2ccc(O)c(C(C)N)c2)c1Cl. The number of ether oxygens (including phenoxy) is 2. The van der Waals surface area contributed by atoms with Gasteiger partial charge in [-0.3, -0.25) is 0 Å². The van der Waals surface area contributed by atoms with E-state index in [1.165, 1.54) is 25.3 Å². The molecule has 9 heteroatoms. The minimum Gasteiger partial charge on any atom is -0.508 e. The second kappa shape index (κ2) is 8.53. The van der Waals surface area contributed by atoms with Gasteiger partial charge in [0.2, 0.25) is 5.95 Å². The molecule has 1 atom stereocenters. The summed E-state index contributed by atoms with van der Waals surface area (Å²) in [5.74, 6) is -0.601. The van der Waals surface area contributed by atoms with Gasteiger partial charge in [0.1, 0.15) is 21.5 Å². The van der Waals surface area contributed by atoms with Gasteiger partial charge in [0.15, 0.2) is 11.6 Å². The van der Waals surface area contributed by atoms with Crippen LogP contribution in [0.4, 0.5) is 10.2 Å². The topological polar surface area (TPSA) is 89.6 Å². The largest absolute Gasteiger partial charge is 0.508 e. The van der Waals surface area contributed by atoms with Gasteiger partial charge in [-0.15, -0.1) is 0 Å². The fraction of sp³-hybridized carbons (Fsp3) is 0.312. The lowest BCUT2D eigenvalue weighted by molar-refractivity contribution is 0.210. The number of aromatic hydroxyl groups is 1. The smallest absolute Gasteiger partial charge is 0.237 e. The number of rotatable bonds is 7. The molecule has 0 aliphatic heterocycles. The molecule has 2 rings (SSSR count). The first-order chi connectivity index (χ1) is 11.8. The van der Waals surface area contributed by atoms with Crippen LogP contribution in [0, 0.1) is 5.95 Å². The fourth-order valence-electron chi connectivity index (χ4n) is 2.05. The molecule has 0 bridgehead atoms. The van der Waals surface area contributed by atoms with Gasteiger partial charge in [0.25, 0.3) is 0 Å². The lowest BCUT2D eigenvalue weighted by Gasteiger charge is -2.15. The number of nitrogens with two attached hydrogens (primary N) is 1. The van der Waals surface area contributed by atoms with Crippen molar-refractivity contribution in [2.75, 3.05) is 25.6 Å². The molecule has 0 aliphatic carbocycles. The van der Waals surface area contributed by atoms with E-state index in [4.69, 9.17) is 38.4 Å². The van der Waals surface area contributed by atoms with Crippen LogP contribution in [0.25, 0.3) is 0 Å². The molecule has 1 heterocycles. The van der Waals surface area contributed by atoms with Gasteiger partial charge < -0.3 is 25.6 Å². The normalized spacial score (nSPS) is 12.1. The number of methoxy groups -OCH3 is 1. The average Bonchev–Trinajstić information content (AvgIpc) is 2.57. The Hall–Kier alpha value is -1.80. The van der Waals surface area contributed by atoms with Crippen LogP contribution >= 0.6 is 23.2 Å². The summed E-state index contributed by atoms with van der Waals surface area (Å²) in [6.45, 7) is 2.47. The van der Waals surface area contributed by atoms with Crippen LogP contribution in [0.5, 0.6) is 17.2 Å². The Morgan fingerprint density at radius 3 is 2.72 bits per heavy atom. The molecular formula is C16H18Cl2FN3O3. The number of phenolic OH excluding ortho intramolecular Hbond substituents is 1. The van der Waals surface area contributed by atoms with Crippen molar-refractivity contribution in [2.24, 2.45) is 5.73 Å². The Morgan fingerprint density at radius 2 is 2.08 bits per heavy atom. The van der Waals surface area contributed by atoms with E-state index in [9.17, 15) is 9.50 Å². The number of phenols is 1. The molecule has 0 aliphatic rings. The van der Waals surface area contributed by atoms with Crippen LogP contribution in [0.1, 0.15) is 18.5 Å². The van der Waals surface area contributed by atoms with Crippen molar-refractivity contribution in [2.45, 2.75) is 13.0 Å². The van der Waals surface area contributed by atoms with E-state index in [1.807, 2.05) is 0 Å². The standard InChI is InChI=1S/C16H18Cl2FN3O3/c1-8(20)10-7-9(3-4-11(10)23)25-14-12(17)15(19)22-16(13(14)18)21-5-6-24-2/h3-4,7-8,23H,5-6,20H2,1-2H3,(H,21,22). The van der Waals surface area contributed by atoms with Crippen molar-refractivity contribution < 1.29 is 19.0 Å². The summed E-state index contributed by atoms with van der Waals surface area (Å²) in [7, 11) is 1.54. The van der Waals surface area contributed by atoms with Gasteiger partial charge in [0.05, 0.1) is 6.61 Å². The van der Waals surface area contributed by atoms with E-state index < -0.39 is 12.0 Å². The van der Waals surface area contributed by atoms with E-state index in [0.717, 1.165) is 0 Å². The number of halogens is 3. The monoisotopic (exact) mass is 389 g/mol. The summed E-state index contributed by atoms with van der Waals surface area (Å²) in [5, 5.41) is 12.3. The third kappa shape index (κ3) is 4.64. The number of anilines is 1. The second-order valence-corrected chi connectivity index (χ2v) is 6.00. The average molecular weight is 390 g/mol. The highest BCUT2D eigenvalue weighted by molar-refractivity contribution is 6.38. The summed E-state index contributed by atoms with van der Waals surface area (Å²) >= 11 is 12.2. The van der Waals surface area contributed by atoms with Crippen LogP contribution in [-0.4, -0.2) is 30.4 Å². The first-order valence-corrected chi connectivity index (χ1v) is 8.14. The van der Waals surface area contributed by atoms with Gasteiger partial charge in [-0.1, -0.05) is 23.2 Å². The van der Waals surface area contributed by atoms with Crippen molar-refractivity contribution in [3.05, 3.63) is 39.8 Å². The summed E-state index contributed by atoms with van der Waals surface area (Å²) in [6, 6.07) is 4.02. The minimum atomic E-state index is -0.924. The third-order valence-electron chi connectivity index (χ3n) is 3.31. The molecule has 25 heavy (non-hydrogen) atoms. The summed E-state index contributed by atoms with van der Waals surface area (Å²) in [4.78, 5) is 3.67. The van der Waals surface area contributed by atoms with Crippen molar-refractivity contribution in [1.29, 1.82) is 0 Å². The molecule has 1 aromatic carbocycles. The zero-order chi connectivity index (χ0) is 18.6. The number of nitrogens with zero attached hydrogens (tertiary/aromatic N) is 1. The Kier molecular flexibility index (Phi) is 6.66. The highest BCUT2D eigenvalue weighted by atomic mass is 35.5. The lowest BCUT2D eigenvalue weighted by atomic mass is 10.1. The van der Waals surface area contributed by atoms with Crippen LogP contribution in [0.2, 0.25) is 10.0 Å². The number of hydrogen-bond acceptors (Lipinski definition) is 6. The van der Waals surface area contributed by atoms with E-state index in [-0.39, 0.29) is 27.4 Å². The highest BCUT2D eigenvalue weighted by Crippen LogP contribution is 2.41. The molecule has 0 spiro atoms. The number of nitrogens with one attached hydrogen (secondary N) is 1. The van der Waals surface area contributed by atoms with Gasteiger partial charge in [-0.25, -0.2) is 0 Å². The predicted octanol–water partition coefficient (Wildman–Crippen LogP) is 4.10. The van der Waals surface area contributed by atoms with E-state index in [1.54, 1.807) is 6.92 Å². The first-order valence-electron chi connectivity index (χ1n) is 7.38. The molecule has 0 saturated carbocycles. The summed E-state index contributed by atoms with van der Waals surface area (Å²) in [5.41, 5.74) is 6.26. The Balaban J connectivity index is 2.37. The zero-order valence-corrected chi connectivity index (χ0v) is 15.2. The number of pyridine rings is 1. The van der Waals surface area contributed by atoms with Crippen LogP contribution in [-0.2, 0) is 4.74 Å². The maximum atomic E-state index is 14.0. The van der Waals surface area contributed by atoms with Crippen LogP contribution in [0.3, 0.4) is 0 Å². The van der Waals surface area contributed by atoms with E-state index >= 15 is 0 Å². The van der Waals surface area contributed by atoms with E-state index in [2.05, 4.69) is 10.3 Å². The third-order valence-corrected chi connectivity index (χ3v) is 3.98. The quantitative estimate of drug-likeness (QED) is 0.487. The number of aromatic nitrogens is 1. The first kappa shape index (κ1) is 19.5. The molecule has 136 valence electrons. The molecule has 0 amide bonds. The molecule has 0 saturated heterocycles. The zero-order valence-electron chi connectivity index (χ0n) is 13.6.